The van der Waals surface area contributed by atoms with Crippen LogP contribution in [0.2, 0.25) is 0 Å². The SMILES string of the molecule is COc1ccc(-c2noc(CN3CCN(C(=O)c4ccc(C(C)(C)C)cc4)CC3)n2)cc1. The van der Waals surface area contributed by atoms with E-state index in [1.807, 2.05) is 41.3 Å². The third-order valence-electron chi connectivity index (χ3n) is 5.83. The summed E-state index contributed by atoms with van der Waals surface area (Å²) in [5, 5.41) is 4.10. The summed E-state index contributed by atoms with van der Waals surface area (Å²) < 4.78 is 10.6. The Balaban J connectivity index is 1.31. The normalized spacial score (nSPS) is 15.1. The largest absolute Gasteiger partial charge is 0.497 e. The van der Waals surface area contributed by atoms with Crippen molar-refractivity contribution >= 4 is 5.91 Å². The van der Waals surface area contributed by atoms with E-state index in [1.165, 1.54) is 5.56 Å². The van der Waals surface area contributed by atoms with Gasteiger partial charge < -0.3 is 14.2 Å². The molecule has 7 heteroatoms. The molecule has 4 rings (SSSR count). The third kappa shape index (κ3) is 4.99. The first kappa shape index (κ1) is 22.0. The fraction of sp³-hybridized carbons (Fsp3) is 0.400. The van der Waals surface area contributed by atoms with E-state index in [4.69, 9.17) is 9.26 Å². The number of nitrogens with zero attached hydrogens (tertiary/aromatic N) is 4. The summed E-state index contributed by atoms with van der Waals surface area (Å²) in [6.07, 6.45) is 0. The Labute approximate surface area is 189 Å². The van der Waals surface area contributed by atoms with Gasteiger partial charge in [-0.3, -0.25) is 9.69 Å². The molecule has 2 heterocycles. The zero-order valence-electron chi connectivity index (χ0n) is 19.2. The Morgan fingerprint density at radius 3 is 2.25 bits per heavy atom. The second kappa shape index (κ2) is 9.12. The number of methoxy groups -OCH3 is 1. The Morgan fingerprint density at radius 1 is 1.00 bits per heavy atom. The average molecular weight is 435 g/mol. The minimum atomic E-state index is 0.0786. The molecule has 0 saturated carbocycles. The molecule has 1 amide bonds. The molecule has 1 aromatic heterocycles. The first-order valence-electron chi connectivity index (χ1n) is 10.9. The van der Waals surface area contributed by atoms with Crippen LogP contribution in [-0.2, 0) is 12.0 Å². The summed E-state index contributed by atoms with van der Waals surface area (Å²) in [6, 6.07) is 15.6. The van der Waals surface area contributed by atoms with E-state index in [-0.39, 0.29) is 11.3 Å². The molecule has 1 fully saturated rings. The number of benzene rings is 2. The van der Waals surface area contributed by atoms with Crippen LogP contribution in [0.1, 0.15) is 42.6 Å². The number of rotatable bonds is 5. The van der Waals surface area contributed by atoms with E-state index >= 15 is 0 Å². The molecule has 0 N–H and O–H groups in total. The molecular weight excluding hydrogens is 404 g/mol. The van der Waals surface area contributed by atoms with E-state index in [9.17, 15) is 4.79 Å². The predicted octanol–water partition coefficient (Wildman–Crippen LogP) is 4.00. The molecule has 0 aliphatic carbocycles. The molecule has 1 aliphatic heterocycles. The van der Waals surface area contributed by atoms with Crippen LogP contribution in [0.3, 0.4) is 0 Å². The molecular formula is C25H30N4O3. The molecule has 1 saturated heterocycles. The highest BCUT2D eigenvalue weighted by Gasteiger charge is 2.24. The number of hydrogen-bond acceptors (Lipinski definition) is 6. The van der Waals surface area contributed by atoms with Gasteiger partial charge in [-0.2, -0.15) is 4.98 Å². The van der Waals surface area contributed by atoms with Gasteiger partial charge in [0.25, 0.3) is 5.91 Å². The van der Waals surface area contributed by atoms with Crippen LogP contribution >= 0.6 is 0 Å². The average Bonchev–Trinajstić information content (AvgIpc) is 3.27. The highest BCUT2D eigenvalue weighted by Crippen LogP contribution is 2.23. The number of piperazine rings is 1. The summed E-state index contributed by atoms with van der Waals surface area (Å²) in [5.41, 5.74) is 2.93. The van der Waals surface area contributed by atoms with E-state index in [0.29, 0.717) is 31.3 Å². The topological polar surface area (TPSA) is 71.7 Å². The summed E-state index contributed by atoms with van der Waals surface area (Å²) in [5.74, 6) is 2.02. The zero-order chi connectivity index (χ0) is 22.7. The van der Waals surface area contributed by atoms with Crippen molar-refractivity contribution in [2.45, 2.75) is 32.7 Å². The van der Waals surface area contributed by atoms with Crippen molar-refractivity contribution in [2.24, 2.45) is 0 Å². The van der Waals surface area contributed by atoms with Crippen LogP contribution in [0.25, 0.3) is 11.4 Å². The van der Waals surface area contributed by atoms with Gasteiger partial charge in [0.2, 0.25) is 11.7 Å². The highest BCUT2D eigenvalue weighted by molar-refractivity contribution is 5.94. The molecule has 32 heavy (non-hydrogen) atoms. The maximum atomic E-state index is 12.9. The first-order valence-corrected chi connectivity index (χ1v) is 10.9. The van der Waals surface area contributed by atoms with Gasteiger partial charge in [-0.05, 0) is 47.4 Å². The molecule has 0 spiro atoms. The third-order valence-corrected chi connectivity index (χ3v) is 5.83. The van der Waals surface area contributed by atoms with Crippen LogP contribution in [-0.4, -0.2) is 59.1 Å². The summed E-state index contributed by atoms with van der Waals surface area (Å²) in [7, 11) is 1.64. The van der Waals surface area contributed by atoms with Crippen molar-refractivity contribution in [3.63, 3.8) is 0 Å². The molecule has 0 unspecified atom stereocenters. The summed E-state index contributed by atoms with van der Waals surface area (Å²) in [4.78, 5) is 21.6. The van der Waals surface area contributed by atoms with Crippen LogP contribution in [0.5, 0.6) is 5.75 Å². The minimum absolute atomic E-state index is 0.0786. The van der Waals surface area contributed by atoms with Crippen molar-refractivity contribution in [1.82, 2.24) is 19.9 Å². The fourth-order valence-corrected chi connectivity index (χ4v) is 3.77. The quantitative estimate of drug-likeness (QED) is 0.604. The number of carbonyl (C=O) groups excluding carboxylic acids is 1. The van der Waals surface area contributed by atoms with Crippen LogP contribution in [0.15, 0.2) is 53.1 Å². The van der Waals surface area contributed by atoms with Crippen molar-refractivity contribution in [2.75, 3.05) is 33.3 Å². The lowest BCUT2D eigenvalue weighted by Gasteiger charge is -2.34. The van der Waals surface area contributed by atoms with Crippen LogP contribution < -0.4 is 4.74 Å². The molecule has 2 aromatic carbocycles. The lowest BCUT2D eigenvalue weighted by atomic mass is 9.86. The monoisotopic (exact) mass is 434 g/mol. The molecule has 1 aliphatic rings. The van der Waals surface area contributed by atoms with Gasteiger partial charge in [-0.25, -0.2) is 0 Å². The molecule has 168 valence electrons. The van der Waals surface area contributed by atoms with Crippen molar-refractivity contribution < 1.29 is 14.1 Å². The molecule has 3 aromatic rings. The Hall–Kier alpha value is -3.19. The summed E-state index contributed by atoms with van der Waals surface area (Å²) >= 11 is 0. The summed E-state index contributed by atoms with van der Waals surface area (Å²) in [6.45, 7) is 9.99. The van der Waals surface area contributed by atoms with Crippen LogP contribution in [0, 0.1) is 0 Å². The van der Waals surface area contributed by atoms with Gasteiger partial charge >= 0.3 is 0 Å². The number of hydrogen-bond donors (Lipinski definition) is 0. The van der Waals surface area contributed by atoms with E-state index in [2.05, 4.69) is 47.9 Å². The smallest absolute Gasteiger partial charge is 0.253 e. The maximum absolute atomic E-state index is 12.9. The standard InChI is InChI=1S/C25H30N4O3/c1-25(2,3)20-9-5-19(6-10-20)24(30)29-15-13-28(14-16-29)17-22-26-23(27-32-22)18-7-11-21(31-4)12-8-18/h5-12H,13-17H2,1-4H3. The van der Waals surface area contributed by atoms with Gasteiger partial charge in [-0.1, -0.05) is 38.1 Å². The fourth-order valence-electron chi connectivity index (χ4n) is 3.77. The van der Waals surface area contributed by atoms with Gasteiger partial charge in [0.1, 0.15) is 5.75 Å². The van der Waals surface area contributed by atoms with E-state index in [1.54, 1.807) is 7.11 Å². The Bertz CT molecular complexity index is 1040. The predicted molar refractivity (Wildman–Crippen MR) is 123 cm³/mol. The van der Waals surface area contributed by atoms with E-state index in [0.717, 1.165) is 30.0 Å². The van der Waals surface area contributed by atoms with Crippen LogP contribution in [0.4, 0.5) is 0 Å². The maximum Gasteiger partial charge on any atom is 0.253 e. The van der Waals surface area contributed by atoms with Gasteiger partial charge in [0, 0.05) is 37.3 Å². The van der Waals surface area contributed by atoms with Crippen molar-refractivity contribution in [3.8, 4) is 17.1 Å². The zero-order valence-corrected chi connectivity index (χ0v) is 19.2. The number of ether oxygens (including phenoxy) is 1. The number of carbonyl (C=O) groups is 1. The molecule has 0 atom stereocenters. The Morgan fingerprint density at radius 2 is 1.66 bits per heavy atom. The highest BCUT2D eigenvalue weighted by atomic mass is 16.5. The Kier molecular flexibility index (Phi) is 6.28. The van der Waals surface area contributed by atoms with Crippen molar-refractivity contribution in [1.29, 1.82) is 0 Å². The molecule has 7 nitrogen and oxygen atoms in total. The minimum Gasteiger partial charge on any atom is -0.497 e. The first-order chi connectivity index (χ1) is 15.3. The number of amides is 1. The lowest BCUT2D eigenvalue weighted by molar-refractivity contribution is 0.0615. The molecule has 0 bridgehead atoms. The van der Waals surface area contributed by atoms with Gasteiger partial charge in [-0.15, -0.1) is 0 Å². The van der Waals surface area contributed by atoms with Crippen molar-refractivity contribution in [3.05, 3.63) is 65.5 Å². The molecule has 0 radical (unpaired) electrons. The lowest BCUT2D eigenvalue weighted by Crippen LogP contribution is -2.48. The second-order valence-corrected chi connectivity index (χ2v) is 9.14. The van der Waals surface area contributed by atoms with E-state index < -0.39 is 0 Å². The van der Waals surface area contributed by atoms with Gasteiger partial charge in [0.15, 0.2) is 0 Å². The second-order valence-electron chi connectivity index (χ2n) is 9.14. The van der Waals surface area contributed by atoms with Gasteiger partial charge in [0.05, 0.1) is 13.7 Å². The number of aromatic nitrogens is 2.